The highest BCUT2D eigenvalue weighted by atomic mass is 28.3. The Balaban J connectivity index is 1.96. The lowest BCUT2D eigenvalue weighted by Gasteiger charge is -2.37. The number of benzene rings is 2. The average Bonchev–Trinajstić information content (AvgIpc) is 2.98. The van der Waals surface area contributed by atoms with Crippen LogP contribution in [0, 0.1) is 0 Å². The summed E-state index contributed by atoms with van der Waals surface area (Å²) in [4.78, 5) is 0. The van der Waals surface area contributed by atoms with Crippen LogP contribution in [0.15, 0.2) is 60.7 Å². The summed E-state index contributed by atoms with van der Waals surface area (Å²) in [6.45, 7) is 6.49. The van der Waals surface area contributed by atoms with Gasteiger partial charge < -0.3 is 19.3 Å². The van der Waals surface area contributed by atoms with Crippen LogP contribution < -0.4 is 10.4 Å². The van der Waals surface area contributed by atoms with Crippen LogP contribution in [0.4, 0.5) is 0 Å². The Kier molecular flexibility index (Phi) is 6.18. The Morgan fingerprint density at radius 1 is 1.04 bits per heavy atom. The van der Waals surface area contributed by atoms with Crippen LogP contribution in [0.3, 0.4) is 0 Å². The molecule has 1 N–H and O–H groups in total. The fraction of sp³-hybridized carbons (Fsp3) is 0.455. The predicted molar refractivity (Wildman–Crippen MR) is 109 cm³/mol. The van der Waals surface area contributed by atoms with Crippen LogP contribution in [-0.2, 0) is 14.2 Å². The quantitative estimate of drug-likeness (QED) is 0.774. The molecule has 3 atom stereocenters. The van der Waals surface area contributed by atoms with Crippen molar-refractivity contribution in [2.75, 3.05) is 13.7 Å². The molecule has 145 valence electrons. The van der Waals surface area contributed by atoms with Crippen molar-refractivity contribution >= 4 is 19.2 Å². The van der Waals surface area contributed by atoms with E-state index < -0.39 is 20.3 Å². The molecule has 5 heteroatoms. The zero-order valence-corrected chi connectivity index (χ0v) is 17.5. The van der Waals surface area contributed by atoms with Crippen molar-refractivity contribution in [3.8, 4) is 0 Å². The highest BCUT2D eigenvalue weighted by molar-refractivity contribution is 6.87. The Hall–Kier alpha value is -1.50. The van der Waals surface area contributed by atoms with E-state index in [0.29, 0.717) is 13.0 Å². The van der Waals surface area contributed by atoms with Crippen molar-refractivity contribution in [2.24, 2.45) is 0 Å². The van der Waals surface area contributed by atoms with E-state index in [2.05, 4.69) is 24.3 Å². The molecule has 0 amide bonds. The molecule has 1 aliphatic rings. The van der Waals surface area contributed by atoms with Crippen LogP contribution in [0.1, 0.15) is 27.2 Å². The minimum atomic E-state index is -1.57. The summed E-state index contributed by atoms with van der Waals surface area (Å²) in [6.07, 6.45) is -0.422. The van der Waals surface area contributed by atoms with Crippen molar-refractivity contribution in [3.05, 3.63) is 60.7 Å². The maximum Gasteiger partial charge on any atom is 0.198 e. The lowest BCUT2D eigenvalue weighted by molar-refractivity contribution is -0.198. The third kappa shape index (κ3) is 4.50. The lowest BCUT2D eigenvalue weighted by Crippen LogP contribution is -2.66. The largest absolute Gasteiger partial charge is 0.388 e. The molecule has 0 saturated carbocycles. The van der Waals surface area contributed by atoms with Crippen LogP contribution in [0.2, 0.25) is 0 Å². The smallest absolute Gasteiger partial charge is 0.198 e. The molecule has 1 aliphatic heterocycles. The molecule has 2 aromatic rings. The van der Waals surface area contributed by atoms with Gasteiger partial charge in [-0.1, -0.05) is 71.0 Å². The Morgan fingerprint density at radius 2 is 1.56 bits per heavy atom. The zero-order chi connectivity index (χ0) is 19.5. The van der Waals surface area contributed by atoms with E-state index >= 15 is 0 Å². The molecule has 0 aliphatic carbocycles. The van der Waals surface area contributed by atoms with E-state index in [-0.39, 0.29) is 11.7 Å². The number of ether oxygens (including phenoxy) is 3. The molecule has 3 rings (SSSR count). The molecule has 1 heterocycles. The van der Waals surface area contributed by atoms with Crippen molar-refractivity contribution in [1.29, 1.82) is 0 Å². The third-order valence-corrected chi connectivity index (χ3v) is 7.92. The summed E-state index contributed by atoms with van der Waals surface area (Å²) in [5.74, 6) is 0. The van der Waals surface area contributed by atoms with E-state index in [1.54, 1.807) is 7.11 Å². The molecule has 0 aromatic heterocycles. The van der Waals surface area contributed by atoms with Gasteiger partial charge in [0.1, 0.15) is 6.10 Å². The molecule has 4 nitrogen and oxygen atoms in total. The van der Waals surface area contributed by atoms with Crippen LogP contribution in [0.25, 0.3) is 0 Å². The van der Waals surface area contributed by atoms with Gasteiger partial charge in [-0.15, -0.1) is 0 Å². The normalized spacial score (nSPS) is 25.9. The van der Waals surface area contributed by atoms with Crippen LogP contribution in [0.5, 0.6) is 0 Å². The summed E-state index contributed by atoms with van der Waals surface area (Å²) < 4.78 is 18.3. The highest BCUT2D eigenvalue weighted by Crippen LogP contribution is 2.34. The second-order valence-corrected chi connectivity index (χ2v) is 10.5. The number of hydrogen-bond acceptors (Lipinski definition) is 4. The van der Waals surface area contributed by atoms with Gasteiger partial charge in [0, 0.05) is 13.5 Å². The van der Waals surface area contributed by atoms with Crippen molar-refractivity contribution in [2.45, 2.75) is 50.4 Å². The molecule has 0 spiro atoms. The number of methoxy groups -OCH3 is 1. The third-order valence-electron chi connectivity index (χ3n) is 4.75. The Labute approximate surface area is 163 Å². The monoisotopic (exact) mass is 385 g/mol. The van der Waals surface area contributed by atoms with Crippen LogP contribution >= 0.6 is 0 Å². The predicted octanol–water partition coefficient (Wildman–Crippen LogP) is 2.14. The first-order chi connectivity index (χ1) is 12.9. The van der Waals surface area contributed by atoms with Gasteiger partial charge in [0.05, 0.1) is 18.3 Å². The molecule has 27 heavy (non-hydrogen) atoms. The first kappa shape index (κ1) is 20.2. The van der Waals surface area contributed by atoms with Gasteiger partial charge in [0.2, 0.25) is 0 Å². The molecular weight excluding hydrogens is 356 g/mol. The van der Waals surface area contributed by atoms with Gasteiger partial charge in [0.15, 0.2) is 14.2 Å². The molecular formula is C22H29O4Si. The summed E-state index contributed by atoms with van der Waals surface area (Å²) in [6, 6.07) is 20.5. The molecule has 2 aromatic carbocycles. The van der Waals surface area contributed by atoms with Crippen molar-refractivity contribution in [1.82, 2.24) is 0 Å². The SMILES string of the molecule is COC1([Si](c2ccccc2)c2ccccc2)O[C@H](COC(C)(C)C)C[C@H]1O. The average molecular weight is 386 g/mol. The minimum absolute atomic E-state index is 0.202. The topological polar surface area (TPSA) is 47.9 Å². The summed E-state index contributed by atoms with van der Waals surface area (Å²) in [5.41, 5.74) is -1.31. The molecule has 1 fully saturated rings. The van der Waals surface area contributed by atoms with Gasteiger partial charge in [-0.3, -0.25) is 0 Å². The first-order valence-electron chi connectivity index (χ1n) is 9.39. The van der Waals surface area contributed by atoms with Gasteiger partial charge in [-0.05, 0) is 20.8 Å². The summed E-state index contributed by atoms with van der Waals surface area (Å²) in [5, 5.41) is 13.3. The Morgan fingerprint density at radius 3 is 2.00 bits per heavy atom. The second kappa shape index (κ2) is 8.25. The van der Waals surface area contributed by atoms with E-state index in [9.17, 15) is 5.11 Å². The minimum Gasteiger partial charge on any atom is -0.388 e. The lowest BCUT2D eigenvalue weighted by atomic mass is 10.1. The standard InChI is InChI=1S/C22H29O4Si/c1-21(2,3)25-16-17-15-20(23)22(24-4,26-17)27(18-11-7-5-8-12-18)19-13-9-6-10-14-19/h5-14,17,20,23H,15-16H2,1-4H3/t17-,20+,22?/m0/s1. The van der Waals surface area contributed by atoms with Crippen molar-refractivity contribution < 1.29 is 19.3 Å². The highest BCUT2D eigenvalue weighted by Gasteiger charge is 2.56. The molecule has 0 bridgehead atoms. The summed E-state index contributed by atoms with van der Waals surface area (Å²) in [7, 11) is 0.0601. The fourth-order valence-corrected chi connectivity index (χ4v) is 6.64. The van der Waals surface area contributed by atoms with Gasteiger partial charge in [0.25, 0.3) is 0 Å². The number of aliphatic hydroxyl groups is 1. The maximum absolute atomic E-state index is 11.1. The van der Waals surface area contributed by atoms with Gasteiger partial charge in [-0.2, -0.15) is 0 Å². The summed E-state index contributed by atoms with van der Waals surface area (Å²) >= 11 is 0. The maximum atomic E-state index is 11.1. The van der Waals surface area contributed by atoms with E-state index in [4.69, 9.17) is 14.2 Å². The fourth-order valence-electron chi connectivity index (χ4n) is 3.51. The van der Waals surface area contributed by atoms with E-state index in [1.807, 2.05) is 57.2 Å². The second-order valence-electron chi connectivity index (χ2n) is 7.89. The van der Waals surface area contributed by atoms with E-state index in [0.717, 1.165) is 10.4 Å². The van der Waals surface area contributed by atoms with E-state index in [1.165, 1.54) is 0 Å². The number of hydrogen-bond donors (Lipinski definition) is 1. The molecule has 1 unspecified atom stereocenters. The van der Waals surface area contributed by atoms with Gasteiger partial charge in [-0.25, -0.2) is 0 Å². The van der Waals surface area contributed by atoms with Crippen molar-refractivity contribution in [3.63, 3.8) is 0 Å². The zero-order valence-electron chi connectivity index (χ0n) is 16.5. The number of aliphatic hydroxyl groups excluding tert-OH is 1. The van der Waals surface area contributed by atoms with Crippen LogP contribution in [-0.4, -0.2) is 50.8 Å². The Bertz CT molecular complexity index is 677. The first-order valence-corrected chi connectivity index (χ1v) is 10.9. The van der Waals surface area contributed by atoms with Gasteiger partial charge >= 0.3 is 0 Å². The molecule has 1 saturated heterocycles. The number of rotatable bonds is 6. The molecule has 1 radical (unpaired) electrons.